The van der Waals surface area contributed by atoms with Crippen molar-refractivity contribution in [2.75, 3.05) is 14.1 Å². The van der Waals surface area contributed by atoms with Crippen molar-refractivity contribution in [3.05, 3.63) is 58.2 Å². The van der Waals surface area contributed by atoms with Crippen molar-refractivity contribution >= 4 is 44.1 Å². The fraction of sp³-hybridized carbons (Fsp3) is 0.182. The van der Waals surface area contributed by atoms with E-state index in [9.17, 15) is 0 Å². The Hall–Kier alpha value is -3.54. The number of hydrogen-bond donors (Lipinski definition) is 4. The summed E-state index contributed by atoms with van der Waals surface area (Å²) in [6.45, 7) is 4.27. The number of aromatic amines is 4. The SMILES string of the molecule is CN=c1cc2[nH]c3cc4[nH]c5cc(C)c(C)cc5[nH]c4cc3[nH]c2cc1=NC. The minimum absolute atomic E-state index is 0.872. The zero-order valence-corrected chi connectivity index (χ0v) is 16.4. The van der Waals surface area contributed by atoms with Gasteiger partial charge >= 0.3 is 0 Å². The van der Waals surface area contributed by atoms with Gasteiger partial charge in [0, 0.05) is 14.1 Å². The molecule has 6 nitrogen and oxygen atoms in total. The Morgan fingerprint density at radius 3 is 1.07 bits per heavy atom. The van der Waals surface area contributed by atoms with Crippen LogP contribution in [0.4, 0.5) is 0 Å². The third-order valence-corrected chi connectivity index (χ3v) is 5.47. The molecule has 0 aliphatic rings. The summed E-state index contributed by atoms with van der Waals surface area (Å²) >= 11 is 0. The van der Waals surface area contributed by atoms with Gasteiger partial charge in [0.2, 0.25) is 0 Å². The number of rotatable bonds is 0. The second-order valence-electron chi connectivity index (χ2n) is 7.26. The van der Waals surface area contributed by atoms with Crippen molar-refractivity contribution in [2.45, 2.75) is 13.8 Å². The van der Waals surface area contributed by atoms with E-state index in [1.165, 1.54) is 11.1 Å². The topological polar surface area (TPSA) is 87.9 Å². The molecule has 0 saturated carbocycles. The molecule has 2 aromatic heterocycles. The van der Waals surface area contributed by atoms with Crippen molar-refractivity contribution in [2.24, 2.45) is 9.98 Å². The Kier molecular flexibility index (Phi) is 3.55. The van der Waals surface area contributed by atoms with Gasteiger partial charge in [-0.15, -0.1) is 0 Å². The van der Waals surface area contributed by atoms with Crippen LogP contribution in [0.2, 0.25) is 0 Å². The summed E-state index contributed by atoms with van der Waals surface area (Å²) in [6.07, 6.45) is 0. The monoisotopic (exact) mass is 370 g/mol. The highest BCUT2D eigenvalue weighted by Gasteiger charge is 2.06. The van der Waals surface area contributed by atoms with E-state index in [-0.39, 0.29) is 0 Å². The predicted molar refractivity (Wildman–Crippen MR) is 115 cm³/mol. The van der Waals surface area contributed by atoms with Crippen LogP contribution in [0.15, 0.2) is 46.4 Å². The van der Waals surface area contributed by atoms with Gasteiger partial charge in [-0.2, -0.15) is 0 Å². The lowest BCUT2D eigenvalue weighted by molar-refractivity contribution is 1.16. The number of aromatic nitrogens is 4. The first-order chi connectivity index (χ1) is 13.6. The Morgan fingerprint density at radius 2 is 0.750 bits per heavy atom. The summed E-state index contributed by atoms with van der Waals surface area (Å²) < 4.78 is 0. The van der Waals surface area contributed by atoms with E-state index in [0.29, 0.717) is 0 Å². The molecule has 0 bridgehead atoms. The van der Waals surface area contributed by atoms with Crippen LogP contribution in [0.5, 0.6) is 0 Å². The first kappa shape index (κ1) is 16.6. The van der Waals surface area contributed by atoms with E-state index >= 15 is 0 Å². The molecule has 0 spiro atoms. The molecular weight excluding hydrogens is 348 g/mol. The molecule has 0 aliphatic heterocycles. The molecular formula is C22H22N6. The molecule has 0 aliphatic carbocycles. The standard InChI is InChI=1S/C22H22N6/c1-11-5-15-16(6-12(11)2)26-20-10-22-21(9-19(20)25-15)27-17-7-13(23-3)14(24-4)8-18(17)28-22/h5-10,25-28H,1-4H3. The van der Waals surface area contributed by atoms with Crippen LogP contribution in [0, 0.1) is 13.8 Å². The molecule has 0 unspecified atom stereocenters. The Balaban J connectivity index is 1.87. The van der Waals surface area contributed by atoms with Gasteiger partial charge in [0.15, 0.2) is 0 Å². The second-order valence-corrected chi connectivity index (χ2v) is 7.26. The third kappa shape index (κ3) is 2.49. The van der Waals surface area contributed by atoms with Crippen molar-refractivity contribution in [1.82, 2.24) is 19.9 Å². The Bertz CT molecular complexity index is 1440. The maximum atomic E-state index is 4.33. The fourth-order valence-corrected chi connectivity index (χ4v) is 3.76. The Morgan fingerprint density at radius 1 is 0.464 bits per heavy atom. The van der Waals surface area contributed by atoms with Crippen molar-refractivity contribution in [1.29, 1.82) is 0 Å². The summed E-state index contributed by atoms with van der Waals surface area (Å²) in [5.74, 6) is 0. The molecule has 0 fully saturated rings. The Labute approximate surface area is 160 Å². The number of benzene rings is 3. The minimum Gasteiger partial charge on any atom is -0.352 e. The highest BCUT2D eigenvalue weighted by Crippen LogP contribution is 2.23. The van der Waals surface area contributed by atoms with E-state index < -0.39 is 0 Å². The quantitative estimate of drug-likeness (QED) is 0.298. The maximum absolute atomic E-state index is 4.33. The highest BCUT2D eigenvalue weighted by molar-refractivity contribution is 5.97. The van der Waals surface area contributed by atoms with Crippen LogP contribution in [-0.2, 0) is 0 Å². The molecule has 0 atom stereocenters. The van der Waals surface area contributed by atoms with Gasteiger partial charge in [0.05, 0.1) is 54.8 Å². The first-order valence-electron chi connectivity index (χ1n) is 9.31. The van der Waals surface area contributed by atoms with Crippen molar-refractivity contribution in [3.8, 4) is 0 Å². The summed E-state index contributed by atoms with van der Waals surface area (Å²) in [7, 11) is 3.57. The smallest absolute Gasteiger partial charge is 0.0845 e. The number of nitrogens with one attached hydrogen (secondary N) is 4. The summed E-state index contributed by atoms with van der Waals surface area (Å²) in [4.78, 5) is 22.8. The molecule has 0 radical (unpaired) electrons. The van der Waals surface area contributed by atoms with Crippen molar-refractivity contribution < 1.29 is 0 Å². The van der Waals surface area contributed by atoms with Gasteiger partial charge in [-0.1, -0.05) is 0 Å². The van der Waals surface area contributed by atoms with Gasteiger partial charge in [-0.25, -0.2) is 0 Å². The van der Waals surface area contributed by atoms with Crippen LogP contribution >= 0.6 is 0 Å². The van der Waals surface area contributed by atoms with Gasteiger partial charge in [0.25, 0.3) is 0 Å². The molecule has 0 amide bonds. The van der Waals surface area contributed by atoms with E-state index in [2.05, 4.69) is 68.0 Å². The second kappa shape index (κ2) is 5.99. The molecule has 6 heteroatoms. The molecule has 5 rings (SSSR count). The normalized spacial score (nSPS) is 13.4. The average molecular weight is 370 g/mol. The van der Waals surface area contributed by atoms with Crippen LogP contribution in [0.25, 0.3) is 44.1 Å². The van der Waals surface area contributed by atoms with Gasteiger partial charge in [-0.05, 0) is 61.4 Å². The van der Waals surface area contributed by atoms with Crippen LogP contribution in [0.3, 0.4) is 0 Å². The highest BCUT2D eigenvalue weighted by atomic mass is 14.8. The summed E-state index contributed by atoms with van der Waals surface area (Å²) in [5.41, 5.74) is 10.9. The number of aryl methyl sites for hydroxylation is 2. The van der Waals surface area contributed by atoms with E-state index in [4.69, 9.17) is 0 Å². The predicted octanol–water partition coefficient (Wildman–Crippen LogP) is 3.85. The largest absolute Gasteiger partial charge is 0.352 e. The summed E-state index contributed by atoms with van der Waals surface area (Å²) in [6, 6.07) is 12.7. The fourth-order valence-electron chi connectivity index (χ4n) is 3.76. The third-order valence-electron chi connectivity index (χ3n) is 5.47. The lowest BCUT2D eigenvalue weighted by Gasteiger charge is -2.10. The minimum atomic E-state index is 0.872. The lowest BCUT2D eigenvalue weighted by Crippen LogP contribution is -2.25. The van der Waals surface area contributed by atoms with Gasteiger partial charge in [-0.3, -0.25) is 9.98 Å². The van der Waals surface area contributed by atoms with E-state index in [0.717, 1.165) is 54.8 Å². The van der Waals surface area contributed by atoms with Gasteiger partial charge < -0.3 is 19.9 Å². The molecule has 28 heavy (non-hydrogen) atoms. The molecule has 0 saturated heterocycles. The molecule has 5 aromatic rings. The lowest BCUT2D eigenvalue weighted by atomic mass is 10.1. The van der Waals surface area contributed by atoms with Crippen LogP contribution < -0.4 is 10.7 Å². The first-order valence-corrected chi connectivity index (χ1v) is 9.31. The van der Waals surface area contributed by atoms with E-state index in [1.54, 1.807) is 14.1 Å². The molecule has 140 valence electrons. The zero-order valence-electron chi connectivity index (χ0n) is 16.4. The number of fused-ring (bicyclic) bond motifs is 4. The van der Waals surface area contributed by atoms with Crippen LogP contribution in [-0.4, -0.2) is 34.0 Å². The zero-order chi connectivity index (χ0) is 19.4. The molecule has 3 aromatic carbocycles. The van der Waals surface area contributed by atoms with Crippen molar-refractivity contribution in [3.63, 3.8) is 0 Å². The number of hydrogen-bond acceptors (Lipinski definition) is 2. The summed E-state index contributed by atoms with van der Waals surface area (Å²) in [5, 5.41) is 1.74. The molecule has 4 N–H and O–H groups in total. The van der Waals surface area contributed by atoms with Crippen LogP contribution in [0.1, 0.15) is 11.1 Å². The number of H-pyrrole nitrogens is 4. The number of nitrogens with zero attached hydrogens (tertiary/aromatic N) is 2. The maximum Gasteiger partial charge on any atom is 0.0845 e. The average Bonchev–Trinajstić information content (AvgIpc) is 2.69. The van der Waals surface area contributed by atoms with E-state index in [1.807, 2.05) is 12.1 Å². The van der Waals surface area contributed by atoms with Gasteiger partial charge in [0.1, 0.15) is 0 Å². The molecule has 2 heterocycles.